The molecule has 0 aliphatic rings. The summed E-state index contributed by atoms with van der Waals surface area (Å²) in [5, 5.41) is 0. The van der Waals surface area contributed by atoms with Crippen LogP contribution in [0.5, 0.6) is 0 Å². The number of rotatable bonds is 2. The molecule has 1 rings (SSSR count). The highest BCUT2D eigenvalue weighted by atomic mass is 79.9. The molecule has 1 aromatic rings. The van der Waals surface area contributed by atoms with Crippen LogP contribution < -0.4 is 0 Å². The van der Waals surface area contributed by atoms with E-state index in [0.29, 0.717) is 21.1 Å². The van der Waals surface area contributed by atoms with E-state index in [9.17, 15) is 4.79 Å². The number of ether oxygens (including phenoxy) is 1. The van der Waals surface area contributed by atoms with Gasteiger partial charge in [0.25, 0.3) is 0 Å². The van der Waals surface area contributed by atoms with E-state index < -0.39 is 0 Å². The fourth-order valence-electron chi connectivity index (χ4n) is 0.750. The zero-order valence-corrected chi connectivity index (χ0v) is 11.2. The summed E-state index contributed by atoms with van der Waals surface area (Å²) in [7, 11) is 0. The van der Waals surface area contributed by atoms with Gasteiger partial charge in [-0.25, -0.2) is 9.78 Å². The van der Waals surface area contributed by atoms with E-state index in [2.05, 4.69) is 20.9 Å². The van der Waals surface area contributed by atoms with Crippen LogP contribution in [0.3, 0.4) is 0 Å². The molecular weight excluding hydrogens is 266 g/mol. The predicted molar refractivity (Wildman–Crippen MR) is 61.9 cm³/mol. The summed E-state index contributed by atoms with van der Waals surface area (Å²) in [6, 6.07) is 0. The predicted octanol–water partition coefficient (Wildman–Crippen LogP) is 3.42. The summed E-state index contributed by atoms with van der Waals surface area (Å²) >= 11 is 4.50. The number of nitrogens with zero attached hydrogens (tertiary/aromatic N) is 1. The zero-order chi connectivity index (χ0) is 11.1. The van der Waals surface area contributed by atoms with Crippen LogP contribution in [0.15, 0.2) is 3.92 Å². The van der Waals surface area contributed by atoms with Crippen molar-refractivity contribution in [2.24, 2.45) is 0 Å². The molecule has 0 N–H and O–H groups in total. The van der Waals surface area contributed by atoms with Crippen molar-refractivity contribution in [3.05, 3.63) is 14.5 Å². The van der Waals surface area contributed by atoms with Crippen LogP contribution in [0.25, 0.3) is 0 Å². The quantitative estimate of drug-likeness (QED) is 0.779. The Kier molecular flexibility index (Phi) is 6.74. The van der Waals surface area contributed by atoms with E-state index in [-0.39, 0.29) is 5.97 Å². The lowest BCUT2D eigenvalue weighted by atomic mass is 10.4. The molecule has 14 heavy (non-hydrogen) atoms. The fraction of sp³-hybridized carbons (Fsp3) is 0.556. The number of aryl methyl sites for hydroxylation is 1. The largest absolute Gasteiger partial charge is 0.462 e. The first-order valence-electron chi connectivity index (χ1n) is 4.45. The second-order valence-electron chi connectivity index (χ2n) is 2.10. The van der Waals surface area contributed by atoms with Crippen LogP contribution >= 0.6 is 27.3 Å². The average Bonchev–Trinajstić information content (AvgIpc) is 2.49. The number of halogens is 1. The maximum atomic E-state index is 11.2. The Hall–Kier alpha value is -0.420. The van der Waals surface area contributed by atoms with Crippen molar-refractivity contribution < 1.29 is 9.53 Å². The lowest BCUT2D eigenvalue weighted by Gasteiger charge is -1.97. The summed E-state index contributed by atoms with van der Waals surface area (Å²) in [5.74, 6) is -0.293. The molecule has 0 radical (unpaired) electrons. The SMILES string of the molecule is CC.CCOC(=O)c1sc(Br)nc1C. The molecule has 1 aromatic heterocycles. The number of carbonyl (C=O) groups excluding carboxylic acids is 1. The first-order valence-corrected chi connectivity index (χ1v) is 6.06. The van der Waals surface area contributed by atoms with Crippen LogP contribution in [0.2, 0.25) is 0 Å². The summed E-state index contributed by atoms with van der Waals surface area (Å²) in [6.45, 7) is 7.96. The molecule has 0 amide bonds. The first-order chi connectivity index (χ1) is 6.65. The Morgan fingerprint density at radius 3 is 2.50 bits per heavy atom. The molecule has 80 valence electrons. The normalized spacial score (nSPS) is 8.93. The standard InChI is InChI=1S/C7H8BrNO2S.C2H6/c1-3-11-6(10)5-4(2)9-7(8)12-5;1-2/h3H2,1-2H3;1-2H3. The van der Waals surface area contributed by atoms with Crippen molar-refractivity contribution >= 4 is 33.2 Å². The van der Waals surface area contributed by atoms with Gasteiger partial charge in [-0.15, -0.1) is 0 Å². The second kappa shape index (κ2) is 6.95. The Balaban J connectivity index is 0.000000791. The molecule has 0 saturated heterocycles. The number of esters is 1. The monoisotopic (exact) mass is 279 g/mol. The Morgan fingerprint density at radius 1 is 1.57 bits per heavy atom. The molecular formula is C9H14BrNO2S. The van der Waals surface area contributed by atoms with Gasteiger partial charge in [-0.2, -0.15) is 0 Å². The van der Waals surface area contributed by atoms with Crippen molar-refractivity contribution in [1.82, 2.24) is 4.98 Å². The minimum Gasteiger partial charge on any atom is -0.462 e. The van der Waals surface area contributed by atoms with Gasteiger partial charge in [0, 0.05) is 0 Å². The van der Waals surface area contributed by atoms with Gasteiger partial charge in [-0.3, -0.25) is 0 Å². The van der Waals surface area contributed by atoms with E-state index in [1.165, 1.54) is 11.3 Å². The molecule has 0 fully saturated rings. The van der Waals surface area contributed by atoms with Crippen LogP contribution in [-0.2, 0) is 4.74 Å². The van der Waals surface area contributed by atoms with Gasteiger partial charge in [0.05, 0.1) is 12.3 Å². The summed E-state index contributed by atoms with van der Waals surface area (Å²) in [4.78, 5) is 15.8. The second-order valence-corrected chi connectivity index (χ2v) is 4.38. The molecule has 1 heterocycles. The first kappa shape index (κ1) is 13.6. The molecule has 5 heteroatoms. The number of thiazole rings is 1. The number of aromatic nitrogens is 1. The van der Waals surface area contributed by atoms with Crippen molar-refractivity contribution in [2.75, 3.05) is 6.61 Å². The molecule has 3 nitrogen and oxygen atoms in total. The third-order valence-electron chi connectivity index (χ3n) is 1.23. The topological polar surface area (TPSA) is 39.2 Å². The van der Waals surface area contributed by atoms with E-state index in [1.807, 2.05) is 13.8 Å². The minimum absolute atomic E-state index is 0.293. The van der Waals surface area contributed by atoms with Gasteiger partial charge in [0.15, 0.2) is 3.92 Å². The van der Waals surface area contributed by atoms with Crippen molar-refractivity contribution in [1.29, 1.82) is 0 Å². The summed E-state index contributed by atoms with van der Waals surface area (Å²) in [6.07, 6.45) is 0. The zero-order valence-electron chi connectivity index (χ0n) is 8.76. The molecule has 0 atom stereocenters. The third kappa shape index (κ3) is 3.75. The maximum Gasteiger partial charge on any atom is 0.350 e. The van der Waals surface area contributed by atoms with E-state index >= 15 is 0 Å². The van der Waals surface area contributed by atoms with E-state index in [4.69, 9.17) is 4.74 Å². The number of hydrogen-bond donors (Lipinski definition) is 0. The molecule has 0 bridgehead atoms. The van der Waals surface area contributed by atoms with Gasteiger partial charge in [-0.05, 0) is 29.8 Å². The van der Waals surface area contributed by atoms with Crippen molar-refractivity contribution in [2.45, 2.75) is 27.7 Å². The third-order valence-corrected chi connectivity index (χ3v) is 2.82. The van der Waals surface area contributed by atoms with E-state index in [1.54, 1.807) is 13.8 Å². The van der Waals surface area contributed by atoms with Crippen molar-refractivity contribution in [3.8, 4) is 0 Å². The van der Waals surface area contributed by atoms with Crippen LogP contribution in [0.1, 0.15) is 36.1 Å². The van der Waals surface area contributed by atoms with Gasteiger partial charge in [0.1, 0.15) is 4.88 Å². The summed E-state index contributed by atoms with van der Waals surface area (Å²) < 4.78 is 5.54. The molecule has 0 spiro atoms. The van der Waals surface area contributed by atoms with Crippen LogP contribution in [-0.4, -0.2) is 17.6 Å². The molecule has 0 saturated carbocycles. The average molecular weight is 280 g/mol. The van der Waals surface area contributed by atoms with Crippen LogP contribution in [0.4, 0.5) is 0 Å². The Labute approximate surface area is 96.6 Å². The van der Waals surface area contributed by atoms with Gasteiger partial charge in [-0.1, -0.05) is 25.2 Å². The van der Waals surface area contributed by atoms with Crippen molar-refractivity contribution in [3.63, 3.8) is 0 Å². The highest BCUT2D eigenvalue weighted by Crippen LogP contribution is 2.23. The Bertz CT molecular complexity index is 299. The maximum absolute atomic E-state index is 11.2. The molecule has 0 unspecified atom stereocenters. The number of hydrogen-bond acceptors (Lipinski definition) is 4. The van der Waals surface area contributed by atoms with Crippen LogP contribution in [0, 0.1) is 6.92 Å². The summed E-state index contributed by atoms with van der Waals surface area (Å²) in [5.41, 5.74) is 0.713. The van der Waals surface area contributed by atoms with Gasteiger partial charge in [0.2, 0.25) is 0 Å². The lowest BCUT2D eigenvalue weighted by Crippen LogP contribution is -2.03. The molecule has 0 aliphatic carbocycles. The smallest absolute Gasteiger partial charge is 0.350 e. The fourth-order valence-corrected chi connectivity index (χ4v) is 2.19. The Morgan fingerprint density at radius 2 is 2.14 bits per heavy atom. The highest BCUT2D eigenvalue weighted by Gasteiger charge is 2.14. The molecule has 0 aromatic carbocycles. The van der Waals surface area contributed by atoms with Gasteiger partial charge < -0.3 is 4.74 Å². The highest BCUT2D eigenvalue weighted by molar-refractivity contribution is 9.11. The van der Waals surface area contributed by atoms with Gasteiger partial charge >= 0.3 is 5.97 Å². The lowest BCUT2D eigenvalue weighted by molar-refractivity contribution is 0.0531. The number of carbonyl (C=O) groups is 1. The van der Waals surface area contributed by atoms with E-state index in [0.717, 1.165) is 0 Å². The molecule has 0 aliphatic heterocycles. The minimum atomic E-state index is -0.293.